The molecule has 0 aliphatic rings. The molecule has 0 aromatic heterocycles. The molecular formula is C24H27N3O3S. The second-order valence-corrected chi connectivity index (χ2v) is 9.65. The van der Waals surface area contributed by atoms with Gasteiger partial charge in [-0.3, -0.25) is 9.10 Å². The maximum absolute atomic E-state index is 13.0. The molecule has 3 aromatic carbocycles. The van der Waals surface area contributed by atoms with Gasteiger partial charge in [0.25, 0.3) is 5.91 Å². The first-order chi connectivity index (χ1) is 14.7. The normalized spacial score (nSPS) is 12.4. The van der Waals surface area contributed by atoms with Gasteiger partial charge < -0.3 is 5.32 Å². The molecule has 6 nitrogen and oxygen atoms in total. The lowest BCUT2D eigenvalue weighted by Crippen LogP contribution is -2.37. The maximum atomic E-state index is 13.0. The summed E-state index contributed by atoms with van der Waals surface area (Å²) in [6.45, 7) is 2.02. The van der Waals surface area contributed by atoms with E-state index in [0.29, 0.717) is 11.3 Å². The number of amides is 1. The number of rotatable bonds is 7. The minimum absolute atomic E-state index is 0.234. The Labute approximate surface area is 184 Å². The predicted molar refractivity (Wildman–Crippen MR) is 124 cm³/mol. The van der Waals surface area contributed by atoms with Crippen LogP contribution in [-0.2, 0) is 10.2 Å². The molecule has 0 fully saturated rings. The van der Waals surface area contributed by atoms with Gasteiger partial charge >= 0.3 is 10.2 Å². The van der Waals surface area contributed by atoms with Crippen LogP contribution in [0.1, 0.15) is 33.1 Å². The van der Waals surface area contributed by atoms with Gasteiger partial charge in [0, 0.05) is 26.7 Å². The fourth-order valence-electron chi connectivity index (χ4n) is 3.31. The summed E-state index contributed by atoms with van der Waals surface area (Å²) in [5, 5.41) is 3.12. The molecule has 0 heterocycles. The molecule has 0 bridgehead atoms. The quantitative estimate of drug-likeness (QED) is 0.612. The minimum Gasteiger partial charge on any atom is -0.341 e. The number of hydrogen-bond donors (Lipinski definition) is 1. The highest BCUT2D eigenvalue weighted by atomic mass is 32.2. The van der Waals surface area contributed by atoms with Crippen LogP contribution in [0.5, 0.6) is 0 Å². The third-order valence-electron chi connectivity index (χ3n) is 5.21. The summed E-state index contributed by atoms with van der Waals surface area (Å²) in [6.07, 6.45) is 0. The molecule has 3 aromatic rings. The molecule has 0 unspecified atom stereocenters. The summed E-state index contributed by atoms with van der Waals surface area (Å²) in [5.74, 6) is -0.234. The zero-order chi connectivity index (χ0) is 22.6. The fourth-order valence-corrected chi connectivity index (χ4v) is 4.19. The Balaban J connectivity index is 1.87. The third-order valence-corrected chi connectivity index (χ3v) is 7.03. The number of carbonyl (C=O) groups is 1. The van der Waals surface area contributed by atoms with Crippen LogP contribution in [0.2, 0.25) is 0 Å². The standard InChI is InChI=1S/C24H27N3O3S/c1-18-10-8-9-13-22(18)23(19-11-6-5-7-12-19)25-24(28)20-14-16-21(17-15-20)27(4)31(29,30)26(2)3/h5-17,23H,1-4H3,(H,25,28)/t23-/m0/s1. The first-order valence-corrected chi connectivity index (χ1v) is 11.3. The first kappa shape index (κ1) is 22.5. The topological polar surface area (TPSA) is 69.7 Å². The highest BCUT2D eigenvalue weighted by molar-refractivity contribution is 7.90. The Kier molecular flexibility index (Phi) is 6.77. The van der Waals surface area contributed by atoms with E-state index >= 15 is 0 Å². The van der Waals surface area contributed by atoms with Crippen LogP contribution in [0.3, 0.4) is 0 Å². The fraction of sp³-hybridized carbons (Fsp3) is 0.208. The van der Waals surface area contributed by atoms with Crippen molar-refractivity contribution in [1.29, 1.82) is 0 Å². The van der Waals surface area contributed by atoms with E-state index in [9.17, 15) is 13.2 Å². The summed E-state index contributed by atoms with van der Waals surface area (Å²) < 4.78 is 26.9. The van der Waals surface area contributed by atoms with Gasteiger partial charge in [0.1, 0.15) is 0 Å². The number of nitrogens with one attached hydrogen (secondary N) is 1. The van der Waals surface area contributed by atoms with Gasteiger partial charge in [-0.15, -0.1) is 0 Å². The van der Waals surface area contributed by atoms with Gasteiger partial charge in [-0.2, -0.15) is 12.7 Å². The minimum atomic E-state index is -3.59. The molecule has 3 rings (SSSR count). The van der Waals surface area contributed by atoms with E-state index in [1.54, 1.807) is 24.3 Å². The van der Waals surface area contributed by atoms with E-state index in [1.807, 2.05) is 61.5 Å². The molecule has 162 valence electrons. The van der Waals surface area contributed by atoms with E-state index in [0.717, 1.165) is 21.0 Å². The van der Waals surface area contributed by atoms with Crippen LogP contribution < -0.4 is 9.62 Å². The van der Waals surface area contributed by atoms with Crippen LogP contribution in [0.4, 0.5) is 5.69 Å². The highest BCUT2D eigenvalue weighted by Gasteiger charge is 2.22. The van der Waals surface area contributed by atoms with Crippen LogP contribution in [-0.4, -0.2) is 39.8 Å². The van der Waals surface area contributed by atoms with Crippen molar-refractivity contribution in [3.63, 3.8) is 0 Å². The van der Waals surface area contributed by atoms with Crippen molar-refractivity contribution in [3.8, 4) is 0 Å². The largest absolute Gasteiger partial charge is 0.341 e. The van der Waals surface area contributed by atoms with Crippen molar-refractivity contribution in [3.05, 3.63) is 101 Å². The molecule has 0 radical (unpaired) electrons. The van der Waals surface area contributed by atoms with Gasteiger partial charge in [0.15, 0.2) is 0 Å². The number of anilines is 1. The Morgan fingerprint density at radius 2 is 1.42 bits per heavy atom. The Bertz CT molecular complexity index is 1140. The second-order valence-electron chi connectivity index (χ2n) is 7.48. The van der Waals surface area contributed by atoms with Crippen molar-refractivity contribution < 1.29 is 13.2 Å². The summed E-state index contributed by atoms with van der Waals surface area (Å²) in [7, 11) is 0.838. The summed E-state index contributed by atoms with van der Waals surface area (Å²) >= 11 is 0. The van der Waals surface area contributed by atoms with E-state index in [-0.39, 0.29) is 11.9 Å². The Morgan fingerprint density at radius 3 is 2.00 bits per heavy atom. The van der Waals surface area contributed by atoms with E-state index in [2.05, 4.69) is 5.32 Å². The lowest BCUT2D eigenvalue weighted by Gasteiger charge is -2.24. The number of aryl methyl sites for hydroxylation is 1. The molecule has 0 saturated carbocycles. The second kappa shape index (κ2) is 9.32. The Hall–Kier alpha value is -3.16. The van der Waals surface area contributed by atoms with Gasteiger partial charge in [-0.05, 0) is 47.9 Å². The molecule has 0 aliphatic carbocycles. The zero-order valence-corrected chi connectivity index (χ0v) is 18.9. The molecular weight excluding hydrogens is 410 g/mol. The zero-order valence-electron chi connectivity index (χ0n) is 18.1. The van der Waals surface area contributed by atoms with Crippen molar-refractivity contribution in [2.75, 3.05) is 25.4 Å². The summed E-state index contributed by atoms with van der Waals surface area (Å²) in [5.41, 5.74) is 4.02. The van der Waals surface area contributed by atoms with Gasteiger partial charge in [-0.1, -0.05) is 54.6 Å². The van der Waals surface area contributed by atoms with Crippen LogP contribution >= 0.6 is 0 Å². The van der Waals surface area contributed by atoms with Crippen LogP contribution in [0.15, 0.2) is 78.9 Å². The lowest BCUT2D eigenvalue weighted by atomic mass is 9.94. The Morgan fingerprint density at radius 1 is 0.839 bits per heavy atom. The molecule has 1 amide bonds. The number of hydrogen-bond acceptors (Lipinski definition) is 3. The molecule has 7 heteroatoms. The number of carbonyl (C=O) groups excluding carboxylic acids is 1. The first-order valence-electron chi connectivity index (χ1n) is 9.89. The average Bonchev–Trinajstić information content (AvgIpc) is 2.78. The SMILES string of the molecule is Cc1ccccc1[C@@H](NC(=O)c1ccc(N(C)S(=O)(=O)N(C)C)cc1)c1ccccc1. The maximum Gasteiger partial charge on any atom is 0.303 e. The van der Waals surface area contributed by atoms with Crippen molar-refractivity contribution >= 4 is 21.8 Å². The third kappa shape index (κ3) is 4.95. The molecule has 0 saturated heterocycles. The predicted octanol–water partition coefficient (Wildman–Crippen LogP) is 3.76. The summed E-state index contributed by atoms with van der Waals surface area (Å²) in [6, 6.07) is 24.0. The van der Waals surface area contributed by atoms with Crippen molar-refractivity contribution in [2.24, 2.45) is 0 Å². The lowest BCUT2D eigenvalue weighted by molar-refractivity contribution is 0.0943. The van der Waals surface area contributed by atoms with Crippen LogP contribution in [0.25, 0.3) is 0 Å². The van der Waals surface area contributed by atoms with Gasteiger partial charge in [-0.25, -0.2) is 0 Å². The summed E-state index contributed by atoms with van der Waals surface area (Å²) in [4.78, 5) is 13.0. The van der Waals surface area contributed by atoms with Crippen molar-refractivity contribution in [2.45, 2.75) is 13.0 Å². The molecule has 1 N–H and O–H groups in total. The average molecular weight is 438 g/mol. The monoisotopic (exact) mass is 437 g/mol. The van der Waals surface area contributed by atoms with Gasteiger partial charge in [0.05, 0.1) is 11.7 Å². The molecule has 0 aliphatic heterocycles. The molecule has 1 atom stereocenters. The number of benzene rings is 3. The molecule has 0 spiro atoms. The van der Waals surface area contributed by atoms with E-state index in [1.165, 1.54) is 25.4 Å². The van der Waals surface area contributed by atoms with E-state index in [4.69, 9.17) is 0 Å². The number of nitrogens with zero attached hydrogens (tertiary/aromatic N) is 2. The van der Waals surface area contributed by atoms with Gasteiger partial charge in [0.2, 0.25) is 0 Å². The molecule has 31 heavy (non-hydrogen) atoms. The highest BCUT2D eigenvalue weighted by Crippen LogP contribution is 2.26. The van der Waals surface area contributed by atoms with Crippen LogP contribution in [0, 0.1) is 6.92 Å². The van der Waals surface area contributed by atoms with E-state index < -0.39 is 10.2 Å². The van der Waals surface area contributed by atoms with Crippen molar-refractivity contribution in [1.82, 2.24) is 9.62 Å². The smallest absolute Gasteiger partial charge is 0.303 e.